The summed E-state index contributed by atoms with van der Waals surface area (Å²) in [4.78, 5) is 2.42. The number of fused-ring (bicyclic) bond motifs is 9. The van der Waals surface area contributed by atoms with Crippen molar-refractivity contribution in [3.63, 3.8) is 0 Å². The highest BCUT2D eigenvalue weighted by atomic mass is 16.5. The Morgan fingerprint density at radius 2 is 0.730 bits per heavy atom. The fourth-order valence-electron chi connectivity index (χ4n) is 10.1. The number of nitrogens with zero attached hydrogens (tertiary/aromatic N) is 1. The summed E-state index contributed by atoms with van der Waals surface area (Å²) in [6.45, 7) is 0. The molecule has 2 heteroatoms. The van der Waals surface area contributed by atoms with Gasteiger partial charge in [-0.3, -0.25) is 0 Å². The van der Waals surface area contributed by atoms with Crippen molar-refractivity contribution in [3.05, 3.63) is 271 Å². The Morgan fingerprint density at radius 1 is 0.270 bits per heavy atom. The zero-order valence-electron chi connectivity index (χ0n) is 34.5. The summed E-state index contributed by atoms with van der Waals surface area (Å²) in [6.07, 6.45) is 0. The SMILES string of the molecule is c1ccc(-c2ccc(N(c3cccc(-c4ccc5c(c4)-c4ccccc4C54c5ccccc5Oc5ccccc54)c3)c3ccc(-c4ccccc4)cc3-c3ccccc3)cc2)cc1. The molecule has 0 aromatic heterocycles. The average Bonchev–Trinajstić information content (AvgIpc) is 3.65. The van der Waals surface area contributed by atoms with Gasteiger partial charge in [0.05, 0.1) is 11.1 Å². The Kier molecular flexibility index (Phi) is 8.76. The highest BCUT2D eigenvalue weighted by Gasteiger charge is 2.50. The second-order valence-electron chi connectivity index (χ2n) is 16.4. The quantitative estimate of drug-likeness (QED) is 0.159. The second-order valence-corrected chi connectivity index (χ2v) is 16.4. The molecule has 0 amide bonds. The normalized spacial score (nSPS) is 12.7. The fraction of sp³-hybridized carbons (Fsp3) is 0.0164. The van der Waals surface area contributed by atoms with E-state index in [4.69, 9.17) is 4.74 Å². The van der Waals surface area contributed by atoms with E-state index in [1.54, 1.807) is 0 Å². The molecule has 0 saturated carbocycles. The number of anilines is 3. The molecule has 0 unspecified atom stereocenters. The number of hydrogen-bond donors (Lipinski definition) is 0. The maximum atomic E-state index is 6.59. The third-order valence-electron chi connectivity index (χ3n) is 12.9. The van der Waals surface area contributed by atoms with Crippen LogP contribution < -0.4 is 9.64 Å². The van der Waals surface area contributed by atoms with Crippen LogP contribution in [0.5, 0.6) is 11.5 Å². The van der Waals surface area contributed by atoms with Crippen LogP contribution in [0.4, 0.5) is 17.1 Å². The van der Waals surface area contributed by atoms with Crippen molar-refractivity contribution in [2.75, 3.05) is 4.90 Å². The van der Waals surface area contributed by atoms with Gasteiger partial charge in [-0.1, -0.05) is 194 Å². The summed E-state index contributed by atoms with van der Waals surface area (Å²) in [5.41, 5.74) is 19.5. The van der Waals surface area contributed by atoms with E-state index in [2.05, 4.69) is 254 Å². The first-order valence-electron chi connectivity index (χ1n) is 21.7. The summed E-state index contributed by atoms with van der Waals surface area (Å²) >= 11 is 0. The molecule has 10 aromatic rings. The van der Waals surface area contributed by atoms with Crippen LogP contribution in [-0.4, -0.2) is 0 Å². The van der Waals surface area contributed by atoms with Gasteiger partial charge in [0.2, 0.25) is 0 Å². The Balaban J connectivity index is 1.03. The lowest BCUT2D eigenvalue weighted by atomic mass is 9.66. The molecule has 2 nitrogen and oxygen atoms in total. The van der Waals surface area contributed by atoms with Crippen LogP contribution >= 0.6 is 0 Å². The van der Waals surface area contributed by atoms with E-state index < -0.39 is 5.41 Å². The Morgan fingerprint density at radius 3 is 1.41 bits per heavy atom. The maximum absolute atomic E-state index is 6.59. The molecule has 0 bridgehead atoms. The summed E-state index contributed by atoms with van der Waals surface area (Å²) in [5.74, 6) is 1.80. The molecule has 1 heterocycles. The Labute approximate surface area is 368 Å². The standard InChI is InChI=1S/C61H41NO/c1-4-17-42(18-5-1)44-31-35-49(36-32-44)62(58-38-34-47(43-19-6-2-7-20-43)40-52(58)45-21-8-3-9-22-45)50-24-16-23-46(39-50)48-33-37-55-53(41-48)51-25-10-11-26-54(51)61(55)56-27-12-14-29-59(56)63-60-30-15-13-28-57(60)61/h1-41H. The van der Waals surface area contributed by atoms with Gasteiger partial charge in [0.15, 0.2) is 0 Å². The van der Waals surface area contributed by atoms with E-state index in [1.807, 2.05) is 0 Å². The molecule has 12 rings (SSSR count). The zero-order valence-corrected chi connectivity index (χ0v) is 34.5. The van der Waals surface area contributed by atoms with Gasteiger partial charge in [-0.15, -0.1) is 0 Å². The summed E-state index contributed by atoms with van der Waals surface area (Å²) in [5, 5.41) is 0. The number of ether oxygens (including phenoxy) is 1. The molecule has 296 valence electrons. The van der Waals surface area contributed by atoms with E-state index in [-0.39, 0.29) is 0 Å². The van der Waals surface area contributed by atoms with Crippen LogP contribution in [0.3, 0.4) is 0 Å². The minimum absolute atomic E-state index is 0.500. The van der Waals surface area contributed by atoms with E-state index >= 15 is 0 Å². The van der Waals surface area contributed by atoms with Crippen LogP contribution in [0.25, 0.3) is 55.6 Å². The minimum Gasteiger partial charge on any atom is -0.457 e. The first-order valence-corrected chi connectivity index (χ1v) is 21.7. The van der Waals surface area contributed by atoms with Crippen molar-refractivity contribution in [1.29, 1.82) is 0 Å². The van der Waals surface area contributed by atoms with E-state index in [9.17, 15) is 0 Å². The smallest absolute Gasteiger partial charge is 0.132 e. The molecular weight excluding hydrogens is 763 g/mol. The van der Waals surface area contributed by atoms with Crippen LogP contribution in [-0.2, 0) is 5.41 Å². The van der Waals surface area contributed by atoms with E-state index in [1.165, 1.54) is 55.6 Å². The van der Waals surface area contributed by atoms with Gasteiger partial charge >= 0.3 is 0 Å². The fourth-order valence-corrected chi connectivity index (χ4v) is 10.1. The van der Waals surface area contributed by atoms with Gasteiger partial charge in [-0.2, -0.15) is 0 Å². The molecule has 0 saturated heterocycles. The van der Waals surface area contributed by atoms with Crippen molar-refractivity contribution < 1.29 is 4.74 Å². The van der Waals surface area contributed by atoms with Crippen LogP contribution in [0.15, 0.2) is 249 Å². The van der Waals surface area contributed by atoms with Gasteiger partial charge in [0.1, 0.15) is 11.5 Å². The van der Waals surface area contributed by atoms with Crippen molar-refractivity contribution in [3.8, 4) is 67.1 Å². The summed E-state index contributed by atoms with van der Waals surface area (Å²) in [7, 11) is 0. The molecule has 2 aliphatic rings. The van der Waals surface area contributed by atoms with Gasteiger partial charge in [-0.05, 0) is 116 Å². The monoisotopic (exact) mass is 803 g/mol. The molecule has 0 atom stereocenters. The average molecular weight is 804 g/mol. The topological polar surface area (TPSA) is 12.5 Å². The van der Waals surface area contributed by atoms with Crippen molar-refractivity contribution in [1.82, 2.24) is 0 Å². The molecule has 0 fully saturated rings. The third kappa shape index (κ3) is 6.02. The van der Waals surface area contributed by atoms with Gasteiger partial charge < -0.3 is 9.64 Å². The second kappa shape index (κ2) is 15.1. The summed E-state index contributed by atoms with van der Waals surface area (Å²) < 4.78 is 6.59. The lowest BCUT2D eigenvalue weighted by Crippen LogP contribution is -2.32. The first kappa shape index (κ1) is 36.6. The number of para-hydroxylation sites is 2. The first-order chi connectivity index (χ1) is 31.2. The van der Waals surface area contributed by atoms with Crippen molar-refractivity contribution in [2.45, 2.75) is 5.41 Å². The van der Waals surface area contributed by atoms with Crippen LogP contribution in [0.2, 0.25) is 0 Å². The molecule has 1 aliphatic carbocycles. The molecule has 1 aliphatic heterocycles. The van der Waals surface area contributed by atoms with Crippen molar-refractivity contribution in [2.24, 2.45) is 0 Å². The zero-order chi connectivity index (χ0) is 41.7. The molecule has 10 aromatic carbocycles. The highest BCUT2D eigenvalue weighted by molar-refractivity contribution is 5.94. The molecule has 0 N–H and O–H groups in total. The third-order valence-corrected chi connectivity index (χ3v) is 12.9. The van der Waals surface area contributed by atoms with Crippen molar-refractivity contribution >= 4 is 17.1 Å². The predicted molar refractivity (Wildman–Crippen MR) is 260 cm³/mol. The Hall–Kier alpha value is -8.20. The predicted octanol–water partition coefficient (Wildman–Crippen LogP) is 16.3. The van der Waals surface area contributed by atoms with E-state index in [0.717, 1.165) is 50.8 Å². The molecule has 63 heavy (non-hydrogen) atoms. The summed E-state index contributed by atoms with van der Waals surface area (Å²) in [6, 6.07) is 90.1. The highest BCUT2D eigenvalue weighted by Crippen LogP contribution is 2.62. The Bertz CT molecular complexity index is 3250. The van der Waals surface area contributed by atoms with E-state index in [0.29, 0.717) is 0 Å². The number of hydrogen-bond acceptors (Lipinski definition) is 2. The molecule has 0 radical (unpaired) electrons. The maximum Gasteiger partial charge on any atom is 0.132 e. The largest absolute Gasteiger partial charge is 0.457 e. The van der Waals surface area contributed by atoms with Crippen LogP contribution in [0.1, 0.15) is 22.3 Å². The van der Waals surface area contributed by atoms with Crippen LogP contribution in [0, 0.1) is 0 Å². The van der Waals surface area contributed by atoms with Gasteiger partial charge in [0.25, 0.3) is 0 Å². The molecule has 1 spiro atoms. The van der Waals surface area contributed by atoms with Gasteiger partial charge in [-0.25, -0.2) is 0 Å². The lowest BCUT2D eigenvalue weighted by Gasteiger charge is -2.39. The van der Waals surface area contributed by atoms with Gasteiger partial charge in [0, 0.05) is 28.1 Å². The number of rotatable bonds is 7. The number of benzene rings is 10. The minimum atomic E-state index is -0.500. The lowest BCUT2D eigenvalue weighted by molar-refractivity contribution is 0.436. The molecular formula is C61H41NO.